The lowest BCUT2D eigenvalue weighted by molar-refractivity contribution is 0.0757. The first-order valence-corrected chi connectivity index (χ1v) is 17.1. The zero-order valence-electron chi connectivity index (χ0n) is 21.4. The van der Waals surface area contributed by atoms with Gasteiger partial charge < -0.3 is 14.8 Å². The van der Waals surface area contributed by atoms with Crippen molar-refractivity contribution in [3.8, 4) is 0 Å². The van der Waals surface area contributed by atoms with Gasteiger partial charge in [0.2, 0.25) is 4.80 Å². The van der Waals surface area contributed by atoms with Gasteiger partial charge in [-0.1, -0.05) is 43.8 Å². The summed E-state index contributed by atoms with van der Waals surface area (Å²) in [6.07, 6.45) is 7.77. The second kappa shape index (κ2) is 12.2. The molecule has 8 nitrogen and oxygen atoms in total. The summed E-state index contributed by atoms with van der Waals surface area (Å²) in [7, 11) is 0.585. The Morgan fingerprint density at radius 2 is 2.00 bits per heavy atom. The van der Waals surface area contributed by atoms with Gasteiger partial charge in [-0.25, -0.2) is 9.67 Å². The standard InChI is InChI=1S/C25H38N6O2SSi/c1-32-13-7-12-26-20-16-22-21(27-17-20)10-11-23(28-22)29-25-31(18-33-14-15-35(2,3)4)30-24(34-25)19-8-5-6-9-19/h10-11,16-17,19,26H,5-9,12-15,18H2,1-4H3. The molecule has 3 aromatic heterocycles. The molecule has 3 heterocycles. The number of nitrogens with zero attached hydrogens (tertiary/aromatic N) is 5. The van der Waals surface area contributed by atoms with Crippen LogP contribution in [0.5, 0.6) is 0 Å². The summed E-state index contributed by atoms with van der Waals surface area (Å²) in [5.74, 6) is 1.20. The molecule has 1 saturated carbocycles. The molecule has 35 heavy (non-hydrogen) atoms. The maximum atomic E-state index is 6.03. The third-order valence-corrected chi connectivity index (χ3v) is 8.95. The molecule has 0 atom stereocenters. The minimum Gasteiger partial charge on any atom is -0.385 e. The second-order valence-corrected chi connectivity index (χ2v) is 17.0. The van der Waals surface area contributed by atoms with Crippen LogP contribution in [0.3, 0.4) is 0 Å². The van der Waals surface area contributed by atoms with Gasteiger partial charge in [-0.05, 0) is 43.5 Å². The second-order valence-electron chi connectivity index (χ2n) is 10.4. The van der Waals surface area contributed by atoms with Gasteiger partial charge in [-0.15, -0.1) is 0 Å². The number of hydrogen-bond acceptors (Lipinski definition) is 8. The molecule has 0 bridgehead atoms. The summed E-state index contributed by atoms with van der Waals surface area (Å²) in [4.78, 5) is 15.1. The van der Waals surface area contributed by atoms with E-state index in [1.165, 1.54) is 30.7 Å². The Kier molecular flexibility index (Phi) is 9.04. The maximum Gasteiger partial charge on any atom is 0.211 e. The van der Waals surface area contributed by atoms with E-state index in [2.05, 4.69) is 29.9 Å². The predicted octanol–water partition coefficient (Wildman–Crippen LogP) is 5.54. The molecule has 4 rings (SSSR count). The highest BCUT2D eigenvalue weighted by Crippen LogP contribution is 2.34. The molecule has 190 valence electrons. The summed E-state index contributed by atoms with van der Waals surface area (Å²) in [5, 5.41) is 9.47. The van der Waals surface area contributed by atoms with Crippen molar-refractivity contribution < 1.29 is 9.47 Å². The average molecular weight is 515 g/mol. The van der Waals surface area contributed by atoms with Crippen molar-refractivity contribution in [2.45, 2.75) is 70.4 Å². The summed E-state index contributed by atoms with van der Waals surface area (Å²) >= 11 is 1.67. The molecule has 0 aliphatic heterocycles. The van der Waals surface area contributed by atoms with Crippen molar-refractivity contribution in [2.24, 2.45) is 4.99 Å². The van der Waals surface area contributed by atoms with Gasteiger partial charge in [-0.2, -0.15) is 10.1 Å². The van der Waals surface area contributed by atoms with E-state index in [4.69, 9.17) is 24.5 Å². The van der Waals surface area contributed by atoms with Crippen LogP contribution in [0, 0.1) is 0 Å². The van der Waals surface area contributed by atoms with Crippen LogP contribution in [0.4, 0.5) is 11.5 Å². The Balaban J connectivity index is 1.56. The highest BCUT2D eigenvalue weighted by molar-refractivity contribution is 7.08. The van der Waals surface area contributed by atoms with Crippen LogP contribution < -0.4 is 10.1 Å². The van der Waals surface area contributed by atoms with E-state index in [1.807, 2.05) is 29.1 Å². The van der Waals surface area contributed by atoms with Gasteiger partial charge in [0, 0.05) is 40.9 Å². The van der Waals surface area contributed by atoms with Crippen molar-refractivity contribution in [2.75, 3.05) is 32.2 Å². The van der Waals surface area contributed by atoms with Crippen molar-refractivity contribution in [1.82, 2.24) is 19.7 Å². The van der Waals surface area contributed by atoms with E-state index in [0.717, 1.165) is 53.7 Å². The van der Waals surface area contributed by atoms with Crippen LogP contribution in [0.1, 0.15) is 43.0 Å². The smallest absolute Gasteiger partial charge is 0.211 e. The van der Waals surface area contributed by atoms with Crippen LogP contribution in [0.2, 0.25) is 25.7 Å². The van der Waals surface area contributed by atoms with Gasteiger partial charge in [0.1, 0.15) is 11.7 Å². The lowest BCUT2D eigenvalue weighted by Crippen LogP contribution is -2.24. The fourth-order valence-electron chi connectivity index (χ4n) is 4.06. The van der Waals surface area contributed by atoms with E-state index in [1.54, 1.807) is 18.4 Å². The number of nitrogens with one attached hydrogen (secondary N) is 1. The highest BCUT2D eigenvalue weighted by Gasteiger charge is 2.21. The molecule has 1 N–H and O–H groups in total. The molecule has 1 fully saturated rings. The van der Waals surface area contributed by atoms with Crippen LogP contribution in [0.15, 0.2) is 29.4 Å². The molecule has 0 saturated heterocycles. The summed E-state index contributed by atoms with van der Waals surface area (Å²) in [6.45, 7) is 9.85. The van der Waals surface area contributed by atoms with Crippen LogP contribution in [0.25, 0.3) is 11.0 Å². The van der Waals surface area contributed by atoms with E-state index >= 15 is 0 Å². The first-order chi connectivity index (χ1) is 16.9. The Bertz CT molecular complexity index is 1170. The highest BCUT2D eigenvalue weighted by atomic mass is 32.1. The molecule has 1 aliphatic carbocycles. The fourth-order valence-corrected chi connectivity index (χ4v) is 5.89. The van der Waals surface area contributed by atoms with Crippen LogP contribution in [-0.4, -0.2) is 54.7 Å². The molecular weight excluding hydrogens is 476 g/mol. The number of aromatic nitrogens is 4. The summed E-state index contributed by atoms with van der Waals surface area (Å²) in [5.41, 5.74) is 2.62. The Hall–Kier alpha value is -2.14. The van der Waals surface area contributed by atoms with Crippen molar-refractivity contribution in [3.63, 3.8) is 0 Å². The predicted molar refractivity (Wildman–Crippen MR) is 145 cm³/mol. The maximum absolute atomic E-state index is 6.03. The lowest BCUT2D eigenvalue weighted by Gasteiger charge is -2.15. The first-order valence-electron chi connectivity index (χ1n) is 12.6. The SMILES string of the molecule is COCCCNc1cnc2ccc(N=c3sc(C4CCCC4)nn3COCC[Si](C)(C)C)nc2c1. The zero-order chi connectivity index (χ0) is 24.7. The zero-order valence-corrected chi connectivity index (χ0v) is 23.2. The van der Waals surface area contributed by atoms with Crippen molar-refractivity contribution in [1.29, 1.82) is 0 Å². The quantitative estimate of drug-likeness (QED) is 0.252. The van der Waals surface area contributed by atoms with Crippen molar-refractivity contribution in [3.05, 3.63) is 34.2 Å². The number of pyridine rings is 2. The third kappa shape index (κ3) is 7.67. The van der Waals surface area contributed by atoms with Crippen molar-refractivity contribution >= 4 is 41.9 Å². The molecule has 10 heteroatoms. The molecule has 1 aliphatic rings. The van der Waals surface area contributed by atoms with E-state index in [-0.39, 0.29) is 0 Å². The molecule has 0 radical (unpaired) electrons. The van der Waals surface area contributed by atoms with Gasteiger partial charge in [-0.3, -0.25) is 4.98 Å². The van der Waals surface area contributed by atoms with E-state index in [0.29, 0.717) is 18.5 Å². The average Bonchev–Trinajstić information content (AvgIpc) is 3.49. The number of fused-ring (bicyclic) bond motifs is 1. The molecular formula is C25H38N6O2SSi. The number of rotatable bonds is 12. The lowest BCUT2D eigenvalue weighted by atomic mass is 10.1. The number of methoxy groups -OCH3 is 1. The van der Waals surface area contributed by atoms with E-state index in [9.17, 15) is 0 Å². The molecule has 0 unspecified atom stereocenters. The fraction of sp³-hybridized carbons (Fsp3) is 0.600. The Morgan fingerprint density at radius 1 is 1.17 bits per heavy atom. The monoisotopic (exact) mass is 514 g/mol. The first kappa shape index (κ1) is 25.9. The number of hydrogen-bond donors (Lipinski definition) is 1. The molecule has 0 spiro atoms. The molecule has 3 aromatic rings. The van der Waals surface area contributed by atoms with Crippen LogP contribution in [-0.2, 0) is 16.2 Å². The van der Waals surface area contributed by atoms with Gasteiger partial charge in [0.25, 0.3) is 0 Å². The largest absolute Gasteiger partial charge is 0.385 e. The topological polar surface area (TPSA) is 86.5 Å². The minimum absolute atomic E-state index is 0.428. The van der Waals surface area contributed by atoms with Gasteiger partial charge in [0.15, 0.2) is 5.82 Å². The van der Waals surface area contributed by atoms with E-state index < -0.39 is 8.07 Å². The van der Waals surface area contributed by atoms with Gasteiger partial charge >= 0.3 is 0 Å². The summed E-state index contributed by atoms with van der Waals surface area (Å²) in [6, 6.07) is 7.06. The molecule has 0 aromatic carbocycles. The normalized spacial score (nSPS) is 15.4. The van der Waals surface area contributed by atoms with Gasteiger partial charge in [0.05, 0.1) is 22.9 Å². The Labute approximate surface area is 212 Å². The van der Waals surface area contributed by atoms with Crippen LogP contribution >= 0.6 is 11.3 Å². The third-order valence-electron chi connectivity index (χ3n) is 6.14. The number of anilines is 1. The number of ether oxygens (including phenoxy) is 2. The minimum atomic E-state index is -1.13. The Morgan fingerprint density at radius 3 is 2.77 bits per heavy atom. The molecule has 0 amide bonds. The summed E-state index contributed by atoms with van der Waals surface area (Å²) < 4.78 is 13.1.